The molecule has 5 atom stereocenters. The van der Waals surface area contributed by atoms with E-state index in [2.05, 4.69) is 0 Å². The smallest absolute Gasteiger partial charge is 0.338 e. The molecule has 1 unspecified atom stereocenters. The summed E-state index contributed by atoms with van der Waals surface area (Å²) in [5.41, 5.74) is -0.162. The summed E-state index contributed by atoms with van der Waals surface area (Å²) in [4.78, 5) is 12.4. The summed E-state index contributed by atoms with van der Waals surface area (Å²) in [6.45, 7) is 3.74. The van der Waals surface area contributed by atoms with Crippen LogP contribution < -0.4 is 0 Å². The Morgan fingerprint density at radius 2 is 1.92 bits per heavy atom. The van der Waals surface area contributed by atoms with Crippen molar-refractivity contribution in [2.75, 3.05) is 7.11 Å². The number of ether oxygens (including phenoxy) is 5. The lowest BCUT2D eigenvalue weighted by molar-refractivity contribution is -0.288. The van der Waals surface area contributed by atoms with Gasteiger partial charge in [0, 0.05) is 7.11 Å². The molecule has 0 bridgehead atoms. The second-order valence-corrected chi connectivity index (χ2v) is 7.00. The first-order valence-electron chi connectivity index (χ1n) is 8.27. The van der Waals surface area contributed by atoms with E-state index in [-0.39, 0.29) is 24.3 Å². The molecule has 24 heavy (non-hydrogen) atoms. The van der Waals surface area contributed by atoms with Crippen molar-refractivity contribution < 1.29 is 28.5 Å². The third-order valence-corrected chi connectivity index (χ3v) is 5.05. The maximum absolute atomic E-state index is 12.4. The minimum absolute atomic E-state index is 0.306. The van der Waals surface area contributed by atoms with Crippen LogP contribution in [0.5, 0.6) is 0 Å². The molecule has 1 saturated carbocycles. The van der Waals surface area contributed by atoms with E-state index in [1.165, 1.54) is 0 Å². The van der Waals surface area contributed by atoms with Crippen molar-refractivity contribution in [3.63, 3.8) is 0 Å². The van der Waals surface area contributed by atoms with Gasteiger partial charge in [-0.25, -0.2) is 4.79 Å². The van der Waals surface area contributed by atoms with Gasteiger partial charge in [0.1, 0.15) is 23.9 Å². The molecule has 3 fully saturated rings. The fourth-order valence-corrected chi connectivity index (χ4v) is 3.84. The van der Waals surface area contributed by atoms with E-state index in [0.717, 1.165) is 12.8 Å². The van der Waals surface area contributed by atoms with Crippen molar-refractivity contribution in [1.29, 1.82) is 0 Å². The molecule has 4 rings (SSSR count). The van der Waals surface area contributed by atoms with E-state index in [0.29, 0.717) is 5.56 Å². The van der Waals surface area contributed by atoms with Gasteiger partial charge in [-0.15, -0.1) is 0 Å². The topological polar surface area (TPSA) is 63.2 Å². The number of carbonyl (C=O) groups is 1. The van der Waals surface area contributed by atoms with Crippen molar-refractivity contribution in [3.8, 4) is 0 Å². The van der Waals surface area contributed by atoms with Gasteiger partial charge in [-0.1, -0.05) is 18.2 Å². The SMILES string of the molecule is CO[C@@H]1O[C@]2(CC[C@H]2OC(=O)c2ccccc2)[C@@H]2OC(C)(C)OC12. The average Bonchev–Trinajstić information content (AvgIpc) is 3.04. The summed E-state index contributed by atoms with van der Waals surface area (Å²) in [6, 6.07) is 8.96. The van der Waals surface area contributed by atoms with Crippen LogP contribution in [-0.2, 0) is 23.7 Å². The van der Waals surface area contributed by atoms with Gasteiger partial charge >= 0.3 is 5.97 Å². The number of esters is 1. The molecule has 3 aliphatic rings. The number of fused-ring (bicyclic) bond motifs is 2. The number of hydrogen-bond acceptors (Lipinski definition) is 6. The summed E-state index contributed by atoms with van der Waals surface area (Å²) in [7, 11) is 1.58. The van der Waals surface area contributed by atoms with E-state index in [1.807, 2.05) is 32.0 Å². The zero-order valence-electron chi connectivity index (χ0n) is 14.1. The second-order valence-electron chi connectivity index (χ2n) is 7.00. The van der Waals surface area contributed by atoms with Gasteiger partial charge < -0.3 is 23.7 Å². The lowest BCUT2D eigenvalue weighted by Gasteiger charge is -2.47. The van der Waals surface area contributed by atoms with Crippen LogP contribution in [0.2, 0.25) is 0 Å². The Hall–Kier alpha value is -1.47. The molecule has 1 spiro atoms. The van der Waals surface area contributed by atoms with Crippen molar-refractivity contribution in [3.05, 3.63) is 35.9 Å². The summed E-state index contributed by atoms with van der Waals surface area (Å²) in [5, 5.41) is 0. The maximum Gasteiger partial charge on any atom is 0.338 e. The van der Waals surface area contributed by atoms with Crippen LogP contribution in [0.1, 0.15) is 37.0 Å². The lowest BCUT2D eigenvalue weighted by Crippen LogP contribution is -2.61. The summed E-state index contributed by atoms with van der Waals surface area (Å²) < 4.78 is 29.2. The number of carbonyl (C=O) groups excluding carboxylic acids is 1. The first kappa shape index (κ1) is 16.0. The van der Waals surface area contributed by atoms with Gasteiger partial charge in [-0.3, -0.25) is 0 Å². The van der Waals surface area contributed by atoms with E-state index in [4.69, 9.17) is 23.7 Å². The highest BCUT2D eigenvalue weighted by atomic mass is 16.8. The molecule has 0 N–H and O–H groups in total. The standard InChI is InChI=1S/C18H22O6/c1-17(2)22-13-14(23-17)18(24-16(13)20-3)10-9-12(18)21-15(19)11-7-5-4-6-8-11/h4-8,12-14,16H,9-10H2,1-3H3/t12-,13?,14-,16-,18+/m1/s1. The number of benzene rings is 1. The molecule has 1 aromatic rings. The third kappa shape index (κ3) is 2.37. The van der Waals surface area contributed by atoms with E-state index in [1.54, 1.807) is 19.2 Å². The van der Waals surface area contributed by atoms with Crippen LogP contribution >= 0.6 is 0 Å². The summed E-state index contributed by atoms with van der Waals surface area (Å²) in [5.74, 6) is -1.05. The number of methoxy groups -OCH3 is 1. The Labute approximate surface area is 141 Å². The molecule has 6 heteroatoms. The molecular formula is C18H22O6. The van der Waals surface area contributed by atoms with Gasteiger partial charge in [0.2, 0.25) is 0 Å². The molecule has 1 aliphatic carbocycles. The van der Waals surface area contributed by atoms with Gasteiger partial charge in [-0.2, -0.15) is 0 Å². The Balaban J connectivity index is 1.54. The first-order valence-corrected chi connectivity index (χ1v) is 8.27. The summed E-state index contributed by atoms with van der Waals surface area (Å²) >= 11 is 0. The highest BCUT2D eigenvalue weighted by molar-refractivity contribution is 5.89. The van der Waals surface area contributed by atoms with E-state index in [9.17, 15) is 4.79 Å². The first-order chi connectivity index (χ1) is 11.5. The average molecular weight is 334 g/mol. The largest absolute Gasteiger partial charge is 0.456 e. The van der Waals surface area contributed by atoms with Crippen molar-refractivity contribution in [2.45, 2.75) is 62.7 Å². The Morgan fingerprint density at radius 1 is 1.17 bits per heavy atom. The monoisotopic (exact) mass is 334 g/mol. The van der Waals surface area contributed by atoms with Crippen LogP contribution in [0.3, 0.4) is 0 Å². The molecule has 0 amide bonds. The Bertz CT molecular complexity index is 630. The van der Waals surface area contributed by atoms with Crippen LogP contribution in [0.25, 0.3) is 0 Å². The fourth-order valence-electron chi connectivity index (χ4n) is 3.84. The molecule has 0 radical (unpaired) electrons. The molecule has 1 aromatic carbocycles. The summed E-state index contributed by atoms with van der Waals surface area (Å²) in [6.07, 6.45) is -0.0178. The number of rotatable bonds is 3. The van der Waals surface area contributed by atoms with Gasteiger partial charge in [0.25, 0.3) is 0 Å². The zero-order chi connectivity index (χ0) is 16.9. The van der Waals surface area contributed by atoms with Gasteiger partial charge in [0.05, 0.1) is 5.56 Å². The van der Waals surface area contributed by atoms with Crippen molar-refractivity contribution in [1.82, 2.24) is 0 Å². The second kappa shape index (κ2) is 5.52. The highest BCUT2D eigenvalue weighted by Crippen LogP contribution is 2.54. The van der Waals surface area contributed by atoms with Crippen molar-refractivity contribution in [2.24, 2.45) is 0 Å². The van der Waals surface area contributed by atoms with Gasteiger partial charge in [0.15, 0.2) is 12.1 Å². The van der Waals surface area contributed by atoms with Gasteiger partial charge in [-0.05, 0) is 38.8 Å². The Kier molecular flexibility index (Phi) is 3.69. The van der Waals surface area contributed by atoms with Crippen LogP contribution in [0.4, 0.5) is 0 Å². The predicted molar refractivity (Wildman–Crippen MR) is 83.3 cm³/mol. The molecule has 2 heterocycles. The minimum Gasteiger partial charge on any atom is -0.456 e. The van der Waals surface area contributed by atoms with E-state index < -0.39 is 17.7 Å². The van der Waals surface area contributed by atoms with Crippen molar-refractivity contribution >= 4 is 5.97 Å². The molecular weight excluding hydrogens is 312 g/mol. The molecule has 6 nitrogen and oxygen atoms in total. The van der Waals surface area contributed by atoms with Crippen LogP contribution in [-0.4, -0.2) is 49.1 Å². The predicted octanol–water partition coefficient (Wildman–Crippen LogP) is 2.27. The molecule has 130 valence electrons. The zero-order valence-corrected chi connectivity index (χ0v) is 14.1. The molecule has 2 aliphatic heterocycles. The van der Waals surface area contributed by atoms with Crippen LogP contribution in [0, 0.1) is 0 Å². The fraction of sp³-hybridized carbons (Fsp3) is 0.611. The quantitative estimate of drug-likeness (QED) is 0.790. The minimum atomic E-state index is -0.702. The molecule has 0 aromatic heterocycles. The Morgan fingerprint density at radius 3 is 2.54 bits per heavy atom. The van der Waals surface area contributed by atoms with Crippen LogP contribution in [0.15, 0.2) is 30.3 Å². The third-order valence-electron chi connectivity index (χ3n) is 5.05. The lowest BCUT2D eigenvalue weighted by atomic mass is 9.72. The molecule has 2 saturated heterocycles. The number of hydrogen-bond donors (Lipinski definition) is 0. The normalized spacial score (nSPS) is 39.5. The maximum atomic E-state index is 12.4. The van der Waals surface area contributed by atoms with E-state index >= 15 is 0 Å². The highest BCUT2D eigenvalue weighted by Gasteiger charge is 2.70.